The van der Waals surface area contributed by atoms with E-state index in [1.54, 1.807) is 9.47 Å². The molecule has 1 amide bonds. The van der Waals surface area contributed by atoms with Crippen LogP contribution in [0, 0.1) is 20.8 Å². The van der Waals surface area contributed by atoms with Gasteiger partial charge in [-0.15, -0.1) is 11.3 Å². The number of amides is 1. The quantitative estimate of drug-likeness (QED) is 0.376. The highest BCUT2D eigenvalue weighted by atomic mass is 32.2. The summed E-state index contributed by atoms with van der Waals surface area (Å²) < 4.78 is 25.4. The number of thioether (sulfide) groups is 1. The van der Waals surface area contributed by atoms with Crippen LogP contribution in [0.2, 0.25) is 0 Å². The Bertz CT molecular complexity index is 1390. The molecular weight excluding hydrogens is 478 g/mol. The van der Waals surface area contributed by atoms with Crippen LogP contribution in [0.1, 0.15) is 29.3 Å². The van der Waals surface area contributed by atoms with Gasteiger partial charge in [-0.05, 0) is 57.4 Å². The molecule has 3 heterocycles. The van der Waals surface area contributed by atoms with Gasteiger partial charge in [0.15, 0.2) is 15.0 Å². The third-order valence-electron chi connectivity index (χ3n) is 6.07. The number of aryl methyl sites for hydroxylation is 3. The zero-order valence-electron chi connectivity index (χ0n) is 19.1. The third-order valence-corrected chi connectivity index (χ3v) is 9.84. The fourth-order valence-corrected chi connectivity index (χ4v) is 7.94. The number of hydrogen-bond donors (Lipinski definition) is 0. The van der Waals surface area contributed by atoms with E-state index in [-0.39, 0.29) is 34.8 Å². The first-order valence-corrected chi connectivity index (χ1v) is 14.5. The van der Waals surface area contributed by atoms with E-state index < -0.39 is 9.84 Å². The van der Waals surface area contributed by atoms with Gasteiger partial charge in [0.25, 0.3) is 5.56 Å². The Morgan fingerprint density at radius 2 is 2.06 bits per heavy atom. The minimum Gasteiger partial charge on any atom is -0.338 e. The number of nitrogens with zero attached hydrogens (tertiary/aromatic N) is 3. The molecule has 1 fully saturated rings. The Balaban J connectivity index is 1.70. The first kappa shape index (κ1) is 24.0. The molecule has 1 aromatic carbocycles. The molecule has 10 heteroatoms. The maximum Gasteiger partial charge on any atom is 0.267 e. The highest BCUT2D eigenvalue weighted by molar-refractivity contribution is 7.99. The Hall–Kier alpha value is -2.17. The van der Waals surface area contributed by atoms with Crippen molar-refractivity contribution in [3.8, 4) is 5.69 Å². The third kappa shape index (κ3) is 4.74. The summed E-state index contributed by atoms with van der Waals surface area (Å²) >= 11 is 2.70. The van der Waals surface area contributed by atoms with Crippen molar-refractivity contribution in [3.63, 3.8) is 0 Å². The fraction of sp³-hybridized carbons (Fsp3) is 0.435. The van der Waals surface area contributed by atoms with Crippen LogP contribution in [0.15, 0.2) is 34.2 Å². The Kier molecular flexibility index (Phi) is 6.70. The predicted molar refractivity (Wildman–Crippen MR) is 135 cm³/mol. The van der Waals surface area contributed by atoms with Gasteiger partial charge in [-0.1, -0.05) is 23.9 Å². The summed E-state index contributed by atoms with van der Waals surface area (Å²) in [4.78, 5) is 34.8. The molecule has 7 nitrogen and oxygen atoms in total. The molecule has 1 aliphatic rings. The van der Waals surface area contributed by atoms with Gasteiger partial charge in [-0.25, -0.2) is 13.4 Å². The predicted octanol–water partition coefficient (Wildman–Crippen LogP) is 3.50. The van der Waals surface area contributed by atoms with E-state index in [9.17, 15) is 18.0 Å². The largest absolute Gasteiger partial charge is 0.338 e. The lowest BCUT2D eigenvalue weighted by atomic mass is 10.2. The monoisotopic (exact) mass is 505 g/mol. The second-order valence-electron chi connectivity index (χ2n) is 8.36. The van der Waals surface area contributed by atoms with Gasteiger partial charge in [0.05, 0.1) is 28.3 Å². The van der Waals surface area contributed by atoms with Gasteiger partial charge in [0, 0.05) is 17.5 Å². The first-order chi connectivity index (χ1) is 15.6. The van der Waals surface area contributed by atoms with Crippen LogP contribution in [0.5, 0.6) is 0 Å². The Labute approximate surface area is 201 Å². The van der Waals surface area contributed by atoms with E-state index in [1.807, 2.05) is 52.0 Å². The van der Waals surface area contributed by atoms with Gasteiger partial charge in [-0.2, -0.15) is 0 Å². The number of thiophene rings is 1. The van der Waals surface area contributed by atoms with Crippen molar-refractivity contribution in [3.05, 3.63) is 50.6 Å². The first-order valence-electron chi connectivity index (χ1n) is 10.8. The molecule has 0 bridgehead atoms. The molecule has 3 aromatic rings. The molecule has 33 heavy (non-hydrogen) atoms. The number of rotatable bonds is 6. The molecule has 1 saturated heterocycles. The minimum atomic E-state index is -3.09. The summed E-state index contributed by atoms with van der Waals surface area (Å²) in [5.74, 6) is 0.0746. The highest BCUT2D eigenvalue weighted by Gasteiger charge is 2.34. The number of carbonyl (C=O) groups excluding carboxylic acids is 1. The highest BCUT2D eigenvalue weighted by Crippen LogP contribution is 2.30. The van der Waals surface area contributed by atoms with Crippen molar-refractivity contribution in [2.75, 3.05) is 23.8 Å². The molecule has 1 unspecified atom stereocenters. The smallest absolute Gasteiger partial charge is 0.267 e. The molecule has 1 atom stereocenters. The molecule has 0 aliphatic carbocycles. The number of aromatic nitrogens is 2. The maximum atomic E-state index is 13.6. The van der Waals surface area contributed by atoms with Gasteiger partial charge in [-0.3, -0.25) is 14.2 Å². The van der Waals surface area contributed by atoms with Crippen molar-refractivity contribution in [1.82, 2.24) is 14.5 Å². The molecule has 1 aliphatic heterocycles. The number of hydrogen-bond acceptors (Lipinski definition) is 7. The summed E-state index contributed by atoms with van der Waals surface area (Å²) in [7, 11) is -3.09. The van der Waals surface area contributed by atoms with E-state index in [2.05, 4.69) is 0 Å². The van der Waals surface area contributed by atoms with Gasteiger partial charge in [0.2, 0.25) is 5.91 Å². The summed E-state index contributed by atoms with van der Waals surface area (Å²) in [6.07, 6.45) is 0.471. The van der Waals surface area contributed by atoms with Gasteiger partial charge >= 0.3 is 0 Å². The number of fused-ring (bicyclic) bond motifs is 1. The van der Waals surface area contributed by atoms with Crippen LogP contribution in [-0.4, -0.2) is 58.6 Å². The molecular formula is C23H27N3O4S3. The van der Waals surface area contributed by atoms with Crippen LogP contribution in [0.3, 0.4) is 0 Å². The maximum absolute atomic E-state index is 13.6. The van der Waals surface area contributed by atoms with Gasteiger partial charge < -0.3 is 4.90 Å². The second kappa shape index (κ2) is 9.23. The average molecular weight is 506 g/mol. The van der Waals surface area contributed by atoms with Crippen LogP contribution >= 0.6 is 23.1 Å². The SMILES string of the molecule is CCN(C(=O)CSc1nc2sc(C)c(C)c2c(=O)n1-c1cccc(C)c1)C1CCS(=O)(=O)C1. The molecule has 2 aromatic heterocycles. The topological polar surface area (TPSA) is 89.3 Å². The molecule has 0 radical (unpaired) electrons. The normalized spacial score (nSPS) is 17.5. The van der Waals surface area contributed by atoms with E-state index in [4.69, 9.17) is 4.98 Å². The zero-order valence-corrected chi connectivity index (χ0v) is 21.6. The van der Waals surface area contributed by atoms with E-state index in [0.29, 0.717) is 34.0 Å². The van der Waals surface area contributed by atoms with Crippen LogP contribution in [0.4, 0.5) is 0 Å². The van der Waals surface area contributed by atoms with E-state index in [1.165, 1.54) is 23.1 Å². The standard InChI is InChI=1S/C23H27N3O4S3/c1-5-25(18-9-10-33(29,30)13-18)19(27)12-31-23-24-21-20(15(3)16(4)32-21)22(28)26(23)17-8-6-7-14(2)11-17/h6-8,11,18H,5,9-10,12-13H2,1-4H3. The van der Waals surface area contributed by atoms with Crippen molar-refractivity contribution >= 4 is 49.1 Å². The summed E-state index contributed by atoms with van der Waals surface area (Å²) in [5.41, 5.74) is 2.52. The summed E-state index contributed by atoms with van der Waals surface area (Å²) in [6.45, 7) is 8.18. The number of sulfone groups is 1. The zero-order chi connectivity index (χ0) is 23.9. The lowest BCUT2D eigenvalue weighted by Gasteiger charge is -2.26. The van der Waals surface area contributed by atoms with Crippen molar-refractivity contribution in [1.29, 1.82) is 0 Å². The van der Waals surface area contributed by atoms with Crippen LogP contribution in [-0.2, 0) is 14.6 Å². The van der Waals surface area contributed by atoms with E-state index in [0.717, 1.165) is 16.0 Å². The van der Waals surface area contributed by atoms with Crippen LogP contribution < -0.4 is 5.56 Å². The summed E-state index contributed by atoms with van der Waals surface area (Å²) in [5, 5.41) is 1.07. The number of benzene rings is 1. The lowest BCUT2D eigenvalue weighted by molar-refractivity contribution is -0.129. The lowest BCUT2D eigenvalue weighted by Crippen LogP contribution is -2.42. The fourth-order valence-electron chi connectivity index (χ4n) is 4.24. The molecule has 4 rings (SSSR count). The summed E-state index contributed by atoms with van der Waals surface area (Å²) in [6, 6.07) is 7.36. The van der Waals surface area contributed by atoms with E-state index >= 15 is 0 Å². The Morgan fingerprint density at radius 3 is 2.70 bits per heavy atom. The van der Waals surface area contributed by atoms with Crippen LogP contribution in [0.25, 0.3) is 15.9 Å². The molecule has 0 saturated carbocycles. The van der Waals surface area contributed by atoms with Gasteiger partial charge in [0.1, 0.15) is 4.83 Å². The molecule has 0 N–H and O–H groups in total. The Morgan fingerprint density at radius 1 is 1.30 bits per heavy atom. The molecule has 0 spiro atoms. The van der Waals surface area contributed by atoms with Crippen molar-refractivity contribution < 1.29 is 13.2 Å². The van der Waals surface area contributed by atoms with Crippen molar-refractivity contribution in [2.45, 2.75) is 45.3 Å². The second-order valence-corrected chi connectivity index (χ2v) is 12.7. The molecule has 176 valence electrons. The van der Waals surface area contributed by atoms with Crippen molar-refractivity contribution in [2.24, 2.45) is 0 Å². The average Bonchev–Trinajstić information content (AvgIpc) is 3.25. The minimum absolute atomic E-state index is 0.0171. The number of carbonyl (C=O) groups is 1.